The second kappa shape index (κ2) is 6.14. The van der Waals surface area contributed by atoms with E-state index in [-0.39, 0.29) is 0 Å². The monoisotopic (exact) mass is 187 g/mol. The lowest BCUT2D eigenvalue weighted by molar-refractivity contribution is 1.01. The van der Waals surface area contributed by atoms with Crippen LogP contribution in [0.1, 0.15) is 25.3 Å². The Morgan fingerprint density at radius 1 is 1.36 bits per heavy atom. The van der Waals surface area contributed by atoms with Crippen molar-refractivity contribution >= 4 is 5.71 Å². The summed E-state index contributed by atoms with van der Waals surface area (Å²) < 4.78 is 0. The quantitative estimate of drug-likeness (QED) is 0.493. The maximum absolute atomic E-state index is 4.50. The summed E-state index contributed by atoms with van der Waals surface area (Å²) in [5.41, 5.74) is 2.47. The van der Waals surface area contributed by atoms with Crippen LogP contribution in [0.5, 0.6) is 0 Å². The fraction of sp³-hybridized carbons (Fsp3) is 0.308. The molecule has 0 atom stereocenters. The molecule has 0 aliphatic carbocycles. The van der Waals surface area contributed by atoms with Gasteiger partial charge in [0.25, 0.3) is 0 Å². The van der Waals surface area contributed by atoms with Crippen molar-refractivity contribution in [2.45, 2.75) is 26.3 Å². The number of hydrogen-bond donors (Lipinski definition) is 0. The van der Waals surface area contributed by atoms with Crippen molar-refractivity contribution in [2.24, 2.45) is 4.99 Å². The maximum atomic E-state index is 4.50. The number of rotatable bonds is 5. The largest absolute Gasteiger partial charge is 0.290 e. The molecule has 74 valence electrons. The van der Waals surface area contributed by atoms with Gasteiger partial charge >= 0.3 is 0 Å². The summed E-state index contributed by atoms with van der Waals surface area (Å²) in [4.78, 5) is 4.50. The van der Waals surface area contributed by atoms with Crippen LogP contribution in [-0.4, -0.2) is 5.71 Å². The van der Waals surface area contributed by atoms with Gasteiger partial charge in [0.05, 0.1) is 6.54 Å². The van der Waals surface area contributed by atoms with Gasteiger partial charge in [0.15, 0.2) is 0 Å². The zero-order chi connectivity index (χ0) is 10.2. The molecular weight excluding hydrogens is 170 g/mol. The van der Waals surface area contributed by atoms with Gasteiger partial charge in [-0.3, -0.25) is 4.99 Å². The molecule has 1 aromatic rings. The van der Waals surface area contributed by atoms with Crippen LogP contribution in [0.25, 0.3) is 0 Å². The molecule has 0 radical (unpaired) electrons. The van der Waals surface area contributed by atoms with Crippen LogP contribution in [0.2, 0.25) is 0 Å². The Bertz CT molecular complexity index is 298. The fourth-order valence-electron chi connectivity index (χ4n) is 1.20. The topological polar surface area (TPSA) is 12.4 Å². The molecule has 0 heterocycles. The van der Waals surface area contributed by atoms with Crippen molar-refractivity contribution in [1.82, 2.24) is 0 Å². The summed E-state index contributed by atoms with van der Waals surface area (Å²) in [7, 11) is 0. The summed E-state index contributed by atoms with van der Waals surface area (Å²) in [6.45, 7) is 6.57. The lowest BCUT2D eigenvalue weighted by atomic mass is 10.2. The van der Waals surface area contributed by atoms with E-state index in [1.165, 1.54) is 11.3 Å². The zero-order valence-corrected chi connectivity index (χ0v) is 8.74. The number of allylic oxidation sites excluding steroid dienone is 1. The van der Waals surface area contributed by atoms with Crippen molar-refractivity contribution in [3.63, 3.8) is 0 Å². The molecule has 1 heteroatoms. The van der Waals surface area contributed by atoms with Gasteiger partial charge in [0.2, 0.25) is 0 Å². The normalized spacial score (nSPS) is 11.4. The number of hydrogen-bond acceptors (Lipinski definition) is 1. The van der Waals surface area contributed by atoms with E-state index in [4.69, 9.17) is 0 Å². The van der Waals surface area contributed by atoms with Crippen LogP contribution in [0, 0.1) is 0 Å². The molecule has 0 bridgehead atoms. The predicted molar refractivity (Wildman–Crippen MR) is 62.7 cm³/mol. The van der Waals surface area contributed by atoms with Crippen molar-refractivity contribution in [2.75, 3.05) is 0 Å². The Balaban J connectivity index is 2.42. The molecule has 0 unspecified atom stereocenters. The Hall–Kier alpha value is -1.37. The lowest BCUT2D eigenvalue weighted by Crippen LogP contribution is -1.91. The summed E-state index contributed by atoms with van der Waals surface area (Å²) in [6.07, 6.45) is 3.97. The first-order valence-electron chi connectivity index (χ1n) is 4.97. The zero-order valence-electron chi connectivity index (χ0n) is 8.74. The van der Waals surface area contributed by atoms with Crippen LogP contribution in [0.15, 0.2) is 48.0 Å². The van der Waals surface area contributed by atoms with Gasteiger partial charge in [0, 0.05) is 5.71 Å². The van der Waals surface area contributed by atoms with Crippen LogP contribution in [0.4, 0.5) is 0 Å². The average molecular weight is 187 g/mol. The maximum Gasteiger partial charge on any atom is 0.0639 e. The molecule has 0 spiro atoms. The summed E-state index contributed by atoms with van der Waals surface area (Å²) in [5, 5.41) is 0. The first-order chi connectivity index (χ1) is 6.83. The van der Waals surface area contributed by atoms with Crippen LogP contribution in [-0.2, 0) is 6.54 Å². The van der Waals surface area contributed by atoms with Crippen LogP contribution < -0.4 is 0 Å². The third-order valence-electron chi connectivity index (χ3n) is 2.08. The molecular formula is C13H17N. The summed E-state index contributed by atoms with van der Waals surface area (Å²) in [6, 6.07) is 10.3. The Labute approximate surface area is 86.2 Å². The highest BCUT2D eigenvalue weighted by Crippen LogP contribution is 2.02. The average Bonchev–Trinajstić information content (AvgIpc) is 2.25. The summed E-state index contributed by atoms with van der Waals surface area (Å²) >= 11 is 0. The minimum Gasteiger partial charge on any atom is -0.290 e. The third-order valence-corrected chi connectivity index (χ3v) is 2.08. The molecule has 0 aromatic heterocycles. The van der Waals surface area contributed by atoms with Gasteiger partial charge in [-0.1, -0.05) is 36.4 Å². The van der Waals surface area contributed by atoms with E-state index in [2.05, 4.69) is 30.6 Å². The molecule has 1 rings (SSSR count). The number of benzene rings is 1. The minimum absolute atomic E-state index is 0.795. The van der Waals surface area contributed by atoms with Crippen LogP contribution in [0.3, 0.4) is 0 Å². The molecule has 0 amide bonds. The Morgan fingerprint density at radius 2 is 2.07 bits per heavy atom. The van der Waals surface area contributed by atoms with Crippen molar-refractivity contribution in [3.8, 4) is 0 Å². The smallest absolute Gasteiger partial charge is 0.0639 e. The Kier molecular flexibility index (Phi) is 4.70. The summed E-state index contributed by atoms with van der Waals surface area (Å²) in [5.74, 6) is 0. The molecule has 1 nitrogen and oxygen atoms in total. The second-order valence-electron chi connectivity index (χ2n) is 3.36. The van der Waals surface area contributed by atoms with Crippen molar-refractivity contribution in [3.05, 3.63) is 48.6 Å². The Morgan fingerprint density at radius 3 is 2.71 bits per heavy atom. The van der Waals surface area contributed by atoms with E-state index in [9.17, 15) is 0 Å². The molecule has 0 saturated heterocycles. The SMILES string of the molecule is C=CCCC(C)=NCc1ccccc1. The van der Waals surface area contributed by atoms with Gasteiger partial charge in [-0.15, -0.1) is 6.58 Å². The van der Waals surface area contributed by atoms with Gasteiger partial charge in [-0.2, -0.15) is 0 Å². The first-order valence-corrected chi connectivity index (χ1v) is 4.97. The molecule has 14 heavy (non-hydrogen) atoms. The molecule has 1 aromatic carbocycles. The highest BCUT2D eigenvalue weighted by Gasteiger charge is 1.91. The standard InChI is InChI=1S/C13H17N/c1-3-4-8-12(2)14-11-13-9-6-5-7-10-13/h3,5-7,9-10H,1,4,8,11H2,2H3. The van der Waals surface area contributed by atoms with E-state index < -0.39 is 0 Å². The van der Waals surface area contributed by atoms with E-state index in [1.807, 2.05) is 24.3 Å². The first kappa shape index (κ1) is 10.7. The van der Waals surface area contributed by atoms with E-state index >= 15 is 0 Å². The van der Waals surface area contributed by atoms with E-state index in [0.717, 1.165) is 19.4 Å². The molecule has 0 saturated carbocycles. The van der Waals surface area contributed by atoms with Crippen molar-refractivity contribution < 1.29 is 0 Å². The van der Waals surface area contributed by atoms with E-state index in [1.54, 1.807) is 0 Å². The predicted octanol–water partition coefficient (Wildman–Crippen LogP) is 3.61. The molecule has 0 N–H and O–H groups in total. The van der Waals surface area contributed by atoms with Crippen molar-refractivity contribution in [1.29, 1.82) is 0 Å². The second-order valence-corrected chi connectivity index (χ2v) is 3.36. The minimum atomic E-state index is 0.795. The number of nitrogens with zero attached hydrogens (tertiary/aromatic N) is 1. The molecule has 0 fully saturated rings. The third kappa shape index (κ3) is 4.04. The lowest BCUT2D eigenvalue weighted by Gasteiger charge is -1.99. The van der Waals surface area contributed by atoms with Gasteiger partial charge in [0.1, 0.15) is 0 Å². The molecule has 0 aliphatic rings. The van der Waals surface area contributed by atoms with Crippen LogP contribution >= 0.6 is 0 Å². The van der Waals surface area contributed by atoms with Gasteiger partial charge in [-0.25, -0.2) is 0 Å². The van der Waals surface area contributed by atoms with E-state index in [0.29, 0.717) is 0 Å². The number of aliphatic imine (C=N–C) groups is 1. The highest BCUT2D eigenvalue weighted by molar-refractivity contribution is 5.81. The fourth-order valence-corrected chi connectivity index (χ4v) is 1.20. The van der Waals surface area contributed by atoms with Gasteiger partial charge in [-0.05, 0) is 25.3 Å². The highest BCUT2D eigenvalue weighted by atomic mass is 14.7. The van der Waals surface area contributed by atoms with Gasteiger partial charge < -0.3 is 0 Å². The molecule has 0 aliphatic heterocycles.